The van der Waals surface area contributed by atoms with Crippen molar-refractivity contribution in [3.8, 4) is 11.3 Å². The molecule has 1 amide bonds. The van der Waals surface area contributed by atoms with Crippen molar-refractivity contribution >= 4 is 23.1 Å². The quantitative estimate of drug-likeness (QED) is 0.567. The molecule has 9 nitrogen and oxygen atoms in total. The zero-order valence-corrected chi connectivity index (χ0v) is 18.4. The van der Waals surface area contributed by atoms with Gasteiger partial charge in [0, 0.05) is 43.0 Å². The van der Waals surface area contributed by atoms with E-state index in [1.54, 1.807) is 6.20 Å². The van der Waals surface area contributed by atoms with E-state index in [4.69, 9.17) is 4.98 Å². The fourth-order valence-electron chi connectivity index (χ4n) is 5.10. The second-order valence-corrected chi connectivity index (χ2v) is 8.99. The van der Waals surface area contributed by atoms with Crippen LogP contribution in [0.25, 0.3) is 11.3 Å². The van der Waals surface area contributed by atoms with Crippen LogP contribution in [0.2, 0.25) is 0 Å². The first kappa shape index (κ1) is 20.2. The molecule has 0 aromatic carbocycles. The number of hydrogen-bond acceptors (Lipinski definition) is 7. The Kier molecular flexibility index (Phi) is 4.98. The molecule has 0 bridgehead atoms. The van der Waals surface area contributed by atoms with Gasteiger partial charge < -0.3 is 20.6 Å². The normalized spacial score (nSPS) is 18.1. The number of nitrogens with one attached hydrogen (secondary N) is 2. The molecule has 0 saturated carbocycles. The second-order valence-electron chi connectivity index (χ2n) is 8.99. The van der Waals surface area contributed by atoms with Gasteiger partial charge in [-0.3, -0.25) is 14.5 Å². The van der Waals surface area contributed by atoms with Gasteiger partial charge in [-0.15, -0.1) is 0 Å². The Morgan fingerprint density at radius 1 is 1.06 bits per heavy atom. The molecular weight excluding hydrogens is 418 g/mol. The zero-order valence-electron chi connectivity index (χ0n) is 18.4. The zero-order chi connectivity index (χ0) is 22.4. The van der Waals surface area contributed by atoms with E-state index < -0.39 is 0 Å². The van der Waals surface area contributed by atoms with Crippen LogP contribution in [0.5, 0.6) is 0 Å². The number of carbonyl (C=O) groups is 1. The van der Waals surface area contributed by atoms with Crippen molar-refractivity contribution in [1.82, 2.24) is 25.1 Å². The lowest BCUT2D eigenvalue weighted by Gasteiger charge is -2.31. The molecule has 6 rings (SSSR count). The van der Waals surface area contributed by atoms with Gasteiger partial charge in [0.1, 0.15) is 5.82 Å². The molecule has 3 aromatic heterocycles. The molecule has 1 saturated heterocycles. The predicted molar refractivity (Wildman–Crippen MR) is 125 cm³/mol. The molecule has 9 heteroatoms. The van der Waals surface area contributed by atoms with Gasteiger partial charge >= 0.3 is 0 Å². The van der Waals surface area contributed by atoms with Gasteiger partial charge in [-0.05, 0) is 44.2 Å². The number of aromatic nitrogens is 4. The minimum absolute atomic E-state index is 0.0966. The van der Waals surface area contributed by atoms with Gasteiger partial charge in [-0.1, -0.05) is 0 Å². The number of pyridine rings is 2. The average Bonchev–Trinajstić information content (AvgIpc) is 3.45. The van der Waals surface area contributed by atoms with Crippen molar-refractivity contribution in [3.05, 3.63) is 47.5 Å². The molecule has 0 atom stereocenters. The third kappa shape index (κ3) is 3.62. The number of amides is 1. The third-order valence-electron chi connectivity index (χ3n) is 6.91. The maximum absolute atomic E-state index is 12.7. The highest BCUT2D eigenvalue weighted by molar-refractivity contribution is 6.05. The predicted octanol–water partition coefficient (Wildman–Crippen LogP) is 2.62. The molecule has 0 unspecified atom stereocenters. The van der Waals surface area contributed by atoms with Crippen molar-refractivity contribution in [3.63, 3.8) is 0 Å². The number of nitrogens with zero attached hydrogens (tertiary/aromatic N) is 5. The summed E-state index contributed by atoms with van der Waals surface area (Å²) in [5.41, 5.74) is 6.32. The first-order valence-electron chi connectivity index (χ1n) is 11.7. The van der Waals surface area contributed by atoms with Gasteiger partial charge in [-0.2, -0.15) is 5.10 Å². The molecule has 170 valence electrons. The maximum atomic E-state index is 12.7. The van der Waals surface area contributed by atoms with Crippen LogP contribution in [-0.2, 0) is 19.5 Å². The van der Waals surface area contributed by atoms with Crippen molar-refractivity contribution in [2.24, 2.45) is 0 Å². The number of rotatable bonds is 4. The highest BCUT2D eigenvalue weighted by Crippen LogP contribution is 2.35. The summed E-state index contributed by atoms with van der Waals surface area (Å²) in [4.78, 5) is 24.3. The first-order valence-corrected chi connectivity index (χ1v) is 11.7. The topological polar surface area (TPSA) is 108 Å². The van der Waals surface area contributed by atoms with Crippen LogP contribution in [0.3, 0.4) is 0 Å². The van der Waals surface area contributed by atoms with Crippen LogP contribution >= 0.6 is 0 Å². The second kappa shape index (κ2) is 8.15. The number of anilines is 3. The Hall–Kier alpha value is -3.46. The van der Waals surface area contributed by atoms with Gasteiger partial charge in [-0.25, -0.2) is 4.98 Å². The van der Waals surface area contributed by atoms with Gasteiger partial charge in [0.2, 0.25) is 0 Å². The molecule has 0 radical (unpaired) electrons. The van der Waals surface area contributed by atoms with Crippen LogP contribution in [0.4, 0.5) is 17.2 Å². The van der Waals surface area contributed by atoms with Crippen LogP contribution in [-0.4, -0.2) is 50.0 Å². The summed E-state index contributed by atoms with van der Waals surface area (Å²) < 4.78 is 2.07. The molecule has 3 aliphatic heterocycles. The van der Waals surface area contributed by atoms with E-state index in [0.29, 0.717) is 23.6 Å². The standard InChI is InChI=1S/C24H27N7O2/c32-16-6-9-30(10-7-16)15-4-5-21(25-11-15)29-19-14-26-23(18-12-27-24(33)22(18)19)17-13-28-31-8-2-1-3-20(17)31/h4-5,11,13-14,16,32H,1-3,6-10,12H2,(H,25,29)(H,27,33). The number of piperidine rings is 1. The highest BCUT2D eigenvalue weighted by atomic mass is 16.3. The van der Waals surface area contributed by atoms with Crippen molar-refractivity contribution < 1.29 is 9.90 Å². The van der Waals surface area contributed by atoms with E-state index in [-0.39, 0.29) is 12.0 Å². The number of carbonyl (C=O) groups excluding carboxylic acids is 1. The molecule has 3 N–H and O–H groups in total. The lowest BCUT2D eigenvalue weighted by Crippen LogP contribution is -2.35. The van der Waals surface area contributed by atoms with Gasteiger partial charge in [0.05, 0.1) is 47.3 Å². The Labute approximate surface area is 191 Å². The molecular formula is C24H27N7O2. The fourth-order valence-corrected chi connectivity index (χ4v) is 5.10. The van der Waals surface area contributed by atoms with Crippen LogP contribution < -0.4 is 15.5 Å². The van der Waals surface area contributed by atoms with Crippen LogP contribution in [0.1, 0.15) is 47.3 Å². The Balaban J connectivity index is 1.28. The molecule has 0 spiro atoms. The smallest absolute Gasteiger partial charge is 0.254 e. The number of fused-ring (bicyclic) bond motifs is 2. The van der Waals surface area contributed by atoms with Crippen LogP contribution in [0.15, 0.2) is 30.7 Å². The average molecular weight is 446 g/mol. The maximum Gasteiger partial charge on any atom is 0.254 e. The summed E-state index contributed by atoms with van der Waals surface area (Å²) in [6, 6.07) is 3.94. The van der Waals surface area contributed by atoms with E-state index in [2.05, 4.69) is 30.3 Å². The van der Waals surface area contributed by atoms with Gasteiger partial charge in [0.25, 0.3) is 5.91 Å². The van der Waals surface area contributed by atoms with E-state index in [0.717, 1.165) is 74.2 Å². The molecule has 1 fully saturated rings. The van der Waals surface area contributed by atoms with Crippen molar-refractivity contribution in [2.75, 3.05) is 23.3 Å². The minimum atomic E-state index is -0.202. The number of aliphatic hydroxyl groups is 1. The van der Waals surface area contributed by atoms with E-state index in [1.807, 2.05) is 24.5 Å². The Morgan fingerprint density at radius 3 is 2.76 bits per heavy atom. The number of aryl methyl sites for hydroxylation is 1. The molecule has 3 aromatic rings. The highest BCUT2D eigenvalue weighted by Gasteiger charge is 2.29. The number of aliphatic hydroxyl groups excluding tert-OH is 1. The molecule has 0 aliphatic carbocycles. The lowest BCUT2D eigenvalue weighted by molar-refractivity contribution is 0.0966. The van der Waals surface area contributed by atoms with Crippen molar-refractivity contribution in [1.29, 1.82) is 0 Å². The summed E-state index contributed by atoms with van der Waals surface area (Å²) in [5, 5.41) is 20.5. The van der Waals surface area contributed by atoms with E-state index in [9.17, 15) is 9.90 Å². The lowest BCUT2D eigenvalue weighted by atomic mass is 9.99. The van der Waals surface area contributed by atoms with E-state index >= 15 is 0 Å². The largest absolute Gasteiger partial charge is 0.393 e. The Bertz CT molecular complexity index is 1200. The number of hydrogen-bond donors (Lipinski definition) is 3. The Morgan fingerprint density at radius 2 is 1.94 bits per heavy atom. The monoisotopic (exact) mass is 445 g/mol. The SMILES string of the molecule is O=C1NCc2c(-c3cnn4c3CCCC4)ncc(Nc3ccc(N4CCC(O)CC4)cn3)c21. The molecule has 33 heavy (non-hydrogen) atoms. The van der Waals surface area contributed by atoms with Crippen molar-refractivity contribution in [2.45, 2.75) is 51.3 Å². The van der Waals surface area contributed by atoms with Gasteiger partial charge in [0.15, 0.2) is 0 Å². The minimum Gasteiger partial charge on any atom is -0.393 e. The summed E-state index contributed by atoms with van der Waals surface area (Å²) in [5.74, 6) is 0.566. The molecule has 6 heterocycles. The fraction of sp³-hybridized carbons (Fsp3) is 0.417. The summed E-state index contributed by atoms with van der Waals surface area (Å²) in [6.45, 7) is 3.05. The molecule has 3 aliphatic rings. The van der Waals surface area contributed by atoms with Crippen LogP contribution in [0, 0.1) is 0 Å². The summed E-state index contributed by atoms with van der Waals surface area (Å²) in [6.07, 6.45) is 10.1. The first-order chi connectivity index (χ1) is 16.2. The van der Waals surface area contributed by atoms with E-state index in [1.165, 1.54) is 5.69 Å². The third-order valence-corrected chi connectivity index (χ3v) is 6.91. The summed E-state index contributed by atoms with van der Waals surface area (Å²) in [7, 11) is 0. The summed E-state index contributed by atoms with van der Waals surface area (Å²) >= 11 is 0.